The molecule has 4 rings (SSSR count). The predicted molar refractivity (Wildman–Crippen MR) is 114 cm³/mol. The van der Waals surface area contributed by atoms with Gasteiger partial charge in [-0.15, -0.1) is 0 Å². The van der Waals surface area contributed by atoms with Crippen LogP contribution in [0.5, 0.6) is 0 Å². The van der Waals surface area contributed by atoms with Gasteiger partial charge in [0, 0.05) is 12.6 Å². The maximum atomic E-state index is 13.7. The van der Waals surface area contributed by atoms with Gasteiger partial charge in [0.25, 0.3) is 0 Å². The summed E-state index contributed by atoms with van der Waals surface area (Å²) in [6, 6.07) is 6.62. The lowest BCUT2D eigenvalue weighted by Crippen LogP contribution is -2.40. The van der Waals surface area contributed by atoms with Gasteiger partial charge in [-0.2, -0.15) is 0 Å². The van der Waals surface area contributed by atoms with E-state index in [2.05, 4.69) is 0 Å². The maximum Gasteiger partial charge on any atom is 0.475 e. The van der Waals surface area contributed by atoms with Crippen molar-refractivity contribution in [2.45, 2.75) is 57.6 Å². The summed E-state index contributed by atoms with van der Waals surface area (Å²) in [7, 11) is -4.01. The number of amides is 1. The van der Waals surface area contributed by atoms with Gasteiger partial charge in [-0.25, -0.2) is 13.8 Å². The number of hydrogen-bond donors (Lipinski definition) is 0. The Kier molecular flexibility index (Phi) is 7.59. The number of phosphoric acid groups is 1. The van der Waals surface area contributed by atoms with E-state index in [1.807, 2.05) is 6.92 Å². The summed E-state index contributed by atoms with van der Waals surface area (Å²) in [4.78, 5) is 36.9. The van der Waals surface area contributed by atoms with E-state index < -0.39 is 56.2 Å². The number of rotatable bonds is 8. The Hall–Kier alpha value is -2.43. The number of halogens is 1. The van der Waals surface area contributed by atoms with Crippen LogP contribution in [0.3, 0.4) is 0 Å². The molecule has 12 heteroatoms. The van der Waals surface area contributed by atoms with Crippen LogP contribution in [0.4, 0.5) is 4.39 Å². The van der Waals surface area contributed by atoms with Crippen LogP contribution in [0, 0.1) is 0 Å². The fraction of sp³-hybridized carbons (Fsp3) is 0.500. The number of phosphoric ester groups is 1. The first-order valence-electron chi connectivity index (χ1n) is 11.0. The summed E-state index contributed by atoms with van der Waals surface area (Å²) < 4.78 is 54.0. The van der Waals surface area contributed by atoms with Gasteiger partial charge in [0.1, 0.15) is 18.4 Å². The van der Waals surface area contributed by atoms with Crippen LogP contribution in [0.2, 0.25) is 0 Å². The summed E-state index contributed by atoms with van der Waals surface area (Å²) in [5.74, 6) is -3.02. The lowest BCUT2D eigenvalue weighted by molar-refractivity contribution is -0.146. The first-order chi connectivity index (χ1) is 16.3. The van der Waals surface area contributed by atoms with Crippen LogP contribution in [0.25, 0.3) is 0 Å². The van der Waals surface area contributed by atoms with Gasteiger partial charge in [0.15, 0.2) is 5.83 Å². The van der Waals surface area contributed by atoms with Crippen LogP contribution < -0.4 is 0 Å². The molecule has 1 amide bonds. The molecule has 3 aliphatic heterocycles. The summed E-state index contributed by atoms with van der Waals surface area (Å²) in [5.41, 5.74) is 0.745. The van der Waals surface area contributed by atoms with Crippen molar-refractivity contribution < 1.29 is 46.4 Å². The standard InChI is InChI=1S/C22H25FNO9P/c1-2-3-8-29-22(27)15-7-5-4-6-14(15)12-30-34(28)31-13-19-18(33-34)10-21(32-19)24-11-16(23)17(25)9-20(24)26/h4-7,11,18-19,21H,2-3,8-10,12-13H2,1H3/t18-,19+,21+,34?/m0/s1. The number of nitrogens with zero attached hydrogens (tertiary/aromatic N) is 1. The molecule has 0 N–H and O–H groups in total. The minimum absolute atomic E-state index is 0.0887. The number of hydrogen-bond acceptors (Lipinski definition) is 9. The fourth-order valence-electron chi connectivity index (χ4n) is 3.76. The van der Waals surface area contributed by atoms with E-state index in [-0.39, 0.29) is 25.2 Å². The molecular formula is C22H25FNO9P. The number of esters is 1. The Labute approximate surface area is 195 Å². The van der Waals surface area contributed by atoms with Crippen molar-refractivity contribution in [2.75, 3.05) is 13.2 Å². The molecule has 3 aliphatic rings. The van der Waals surface area contributed by atoms with Crippen LogP contribution in [-0.2, 0) is 43.8 Å². The quantitative estimate of drug-likeness (QED) is 0.230. The molecule has 2 fully saturated rings. The van der Waals surface area contributed by atoms with E-state index in [0.29, 0.717) is 12.2 Å². The summed E-state index contributed by atoms with van der Waals surface area (Å²) in [6.45, 7) is 1.93. The van der Waals surface area contributed by atoms with Gasteiger partial charge in [0.05, 0.1) is 31.8 Å². The van der Waals surface area contributed by atoms with Gasteiger partial charge in [-0.1, -0.05) is 31.5 Å². The second-order valence-corrected chi connectivity index (χ2v) is 9.67. The zero-order valence-corrected chi connectivity index (χ0v) is 19.4. The molecule has 34 heavy (non-hydrogen) atoms. The fourth-order valence-corrected chi connectivity index (χ4v) is 5.14. The van der Waals surface area contributed by atoms with Crippen molar-refractivity contribution in [3.63, 3.8) is 0 Å². The zero-order chi connectivity index (χ0) is 24.3. The Morgan fingerprint density at radius 3 is 2.85 bits per heavy atom. The second-order valence-electron chi connectivity index (χ2n) is 8.05. The number of allylic oxidation sites excluding steroid dienone is 1. The van der Waals surface area contributed by atoms with Gasteiger partial charge < -0.3 is 9.47 Å². The number of unbranched alkanes of at least 4 members (excludes halogenated alkanes) is 1. The third-order valence-electron chi connectivity index (χ3n) is 5.62. The molecule has 1 aromatic carbocycles. The van der Waals surface area contributed by atoms with Crippen molar-refractivity contribution in [1.29, 1.82) is 0 Å². The highest BCUT2D eigenvalue weighted by Crippen LogP contribution is 2.56. The van der Waals surface area contributed by atoms with Crippen molar-refractivity contribution in [3.8, 4) is 0 Å². The summed E-state index contributed by atoms with van der Waals surface area (Å²) in [5, 5.41) is 0. The Bertz CT molecular complexity index is 1040. The smallest absolute Gasteiger partial charge is 0.462 e. The summed E-state index contributed by atoms with van der Waals surface area (Å²) in [6.07, 6.45) is -0.340. The molecule has 4 atom stereocenters. The third kappa shape index (κ3) is 5.45. The molecule has 2 saturated heterocycles. The topological polar surface area (TPSA) is 118 Å². The number of benzene rings is 1. The Morgan fingerprint density at radius 1 is 1.26 bits per heavy atom. The highest BCUT2D eigenvalue weighted by molar-refractivity contribution is 7.48. The van der Waals surface area contributed by atoms with E-state index in [1.165, 1.54) is 0 Å². The van der Waals surface area contributed by atoms with Crippen LogP contribution in [0.1, 0.15) is 48.5 Å². The van der Waals surface area contributed by atoms with Crippen molar-refractivity contribution in [1.82, 2.24) is 4.90 Å². The molecule has 0 spiro atoms. The van der Waals surface area contributed by atoms with Crippen LogP contribution in [0.15, 0.2) is 36.3 Å². The highest BCUT2D eigenvalue weighted by Gasteiger charge is 2.49. The average Bonchev–Trinajstić information content (AvgIpc) is 3.23. The molecule has 0 radical (unpaired) electrons. The number of ketones is 1. The molecule has 0 saturated carbocycles. The molecule has 0 aromatic heterocycles. The second kappa shape index (κ2) is 10.5. The van der Waals surface area contributed by atoms with E-state index in [1.54, 1.807) is 24.3 Å². The Morgan fingerprint density at radius 2 is 2.06 bits per heavy atom. The first kappa shape index (κ1) is 24.7. The minimum Gasteiger partial charge on any atom is -0.462 e. The monoisotopic (exact) mass is 497 g/mol. The van der Waals surface area contributed by atoms with Gasteiger partial charge in [0.2, 0.25) is 11.7 Å². The number of carbonyl (C=O) groups is 3. The van der Waals surface area contributed by atoms with Gasteiger partial charge in [-0.3, -0.25) is 28.1 Å². The normalized spacial score (nSPS) is 29.1. The number of ether oxygens (including phenoxy) is 2. The van der Waals surface area contributed by atoms with Crippen LogP contribution >= 0.6 is 7.82 Å². The van der Waals surface area contributed by atoms with E-state index in [0.717, 1.165) is 23.9 Å². The lowest BCUT2D eigenvalue weighted by Gasteiger charge is -2.30. The molecular weight excluding hydrogens is 472 g/mol. The number of carbonyl (C=O) groups excluding carboxylic acids is 3. The molecule has 0 aliphatic carbocycles. The van der Waals surface area contributed by atoms with Crippen molar-refractivity contribution >= 4 is 25.5 Å². The first-order valence-corrected chi connectivity index (χ1v) is 12.5. The van der Waals surface area contributed by atoms with E-state index in [4.69, 9.17) is 23.0 Å². The minimum atomic E-state index is -4.01. The predicted octanol–water partition coefficient (Wildman–Crippen LogP) is 3.41. The largest absolute Gasteiger partial charge is 0.475 e. The molecule has 10 nitrogen and oxygen atoms in total. The highest BCUT2D eigenvalue weighted by atomic mass is 31.2. The van der Waals surface area contributed by atoms with E-state index in [9.17, 15) is 23.3 Å². The van der Waals surface area contributed by atoms with Crippen molar-refractivity contribution in [2.24, 2.45) is 0 Å². The SMILES string of the molecule is CCCCOC(=O)c1ccccc1COP1(=O)OC[C@H]2O[C@@H](N3C=C(F)C(=O)CC3=O)C[C@@H]2O1. The van der Waals surface area contributed by atoms with Crippen molar-refractivity contribution in [3.05, 3.63) is 47.4 Å². The molecule has 1 unspecified atom stereocenters. The zero-order valence-electron chi connectivity index (χ0n) is 18.5. The summed E-state index contributed by atoms with van der Waals surface area (Å²) >= 11 is 0. The van der Waals surface area contributed by atoms with Crippen LogP contribution in [-0.4, -0.2) is 54.2 Å². The molecule has 1 aromatic rings. The van der Waals surface area contributed by atoms with Gasteiger partial charge in [-0.05, 0) is 18.1 Å². The maximum absolute atomic E-state index is 13.7. The average molecular weight is 497 g/mol. The van der Waals surface area contributed by atoms with E-state index >= 15 is 0 Å². The Balaban J connectivity index is 1.37. The molecule has 184 valence electrons. The molecule has 3 heterocycles. The third-order valence-corrected chi connectivity index (χ3v) is 7.06. The van der Waals surface area contributed by atoms with Gasteiger partial charge >= 0.3 is 13.8 Å². The number of fused-ring (bicyclic) bond motifs is 1. The number of Topliss-reactive ketones (excluding diaryl/α,β-unsaturated/α-hetero) is 1. The lowest BCUT2D eigenvalue weighted by atomic mass is 10.1. The molecule has 0 bridgehead atoms.